The largest absolute Gasteiger partial charge is 0.486 e. The quantitative estimate of drug-likeness (QED) is 0.857. The van der Waals surface area contributed by atoms with Crippen LogP contribution in [0.4, 0.5) is 16.2 Å². The van der Waals surface area contributed by atoms with E-state index in [9.17, 15) is 9.59 Å². The molecule has 0 saturated carbocycles. The zero-order valence-electron chi connectivity index (χ0n) is 16.0. The summed E-state index contributed by atoms with van der Waals surface area (Å²) in [4.78, 5) is 26.5. The number of fused-ring (bicyclic) bond motifs is 1. The number of rotatable bonds is 3. The van der Waals surface area contributed by atoms with Gasteiger partial charge < -0.3 is 25.0 Å². The molecule has 28 heavy (non-hydrogen) atoms. The SMILES string of the molecule is Cc1cc(C)cc(NC(=O)N[C@H]2CC(=O)N(c3ccc4c(c3)OCCO4)C2)c1. The van der Waals surface area contributed by atoms with Gasteiger partial charge in [0.25, 0.3) is 0 Å². The second-order valence-corrected chi connectivity index (χ2v) is 7.21. The lowest BCUT2D eigenvalue weighted by molar-refractivity contribution is -0.117. The Hall–Kier alpha value is -3.22. The van der Waals surface area contributed by atoms with E-state index >= 15 is 0 Å². The number of urea groups is 1. The molecule has 7 heteroatoms. The van der Waals surface area contributed by atoms with E-state index in [1.165, 1.54) is 0 Å². The number of benzene rings is 2. The fraction of sp³-hybridized carbons (Fsp3) is 0.333. The Labute approximate surface area is 163 Å². The lowest BCUT2D eigenvalue weighted by Crippen LogP contribution is -2.39. The first-order chi connectivity index (χ1) is 13.5. The van der Waals surface area contributed by atoms with Crippen LogP contribution in [0, 0.1) is 13.8 Å². The number of carbonyl (C=O) groups excluding carboxylic acids is 2. The number of ether oxygens (including phenoxy) is 2. The monoisotopic (exact) mass is 381 g/mol. The van der Waals surface area contributed by atoms with Crippen molar-refractivity contribution < 1.29 is 19.1 Å². The number of nitrogens with one attached hydrogen (secondary N) is 2. The lowest BCUT2D eigenvalue weighted by atomic mass is 10.1. The zero-order chi connectivity index (χ0) is 19.7. The fourth-order valence-electron chi connectivity index (χ4n) is 3.65. The Morgan fingerprint density at radius 1 is 1.04 bits per heavy atom. The molecule has 0 aliphatic carbocycles. The summed E-state index contributed by atoms with van der Waals surface area (Å²) in [7, 11) is 0. The summed E-state index contributed by atoms with van der Waals surface area (Å²) in [6, 6.07) is 10.8. The number of anilines is 2. The maximum Gasteiger partial charge on any atom is 0.319 e. The van der Waals surface area contributed by atoms with Crippen molar-refractivity contribution in [2.45, 2.75) is 26.3 Å². The van der Waals surface area contributed by atoms with Crippen LogP contribution < -0.4 is 25.0 Å². The second kappa shape index (κ2) is 7.42. The molecule has 146 valence electrons. The first-order valence-corrected chi connectivity index (χ1v) is 9.34. The van der Waals surface area contributed by atoms with Gasteiger partial charge in [0.2, 0.25) is 5.91 Å². The zero-order valence-corrected chi connectivity index (χ0v) is 16.0. The summed E-state index contributed by atoms with van der Waals surface area (Å²) < 4.78 is 11.1. The highest BCUT2D eigenvalue weighted by atomic mass is 16.6. The predicted molar refractivity (Wildman–Crippen MR) is 106 cm³/mol. The first-order valence-electron chi connectivity index (χ1n) is 9.34. The molecule has 0 spiro atoms. The Kier molecular flexibility index (Phi) is 4.81. The van der Waals surface area contributed by atoms with Crippen molar-refractivity contribution in [2.75, 3.05) is 30.0 Å². The Morgan fingerprint density at radius 3 is 2.50 bits per heavy atom. The maximum absolute atomic E-state index is 12.5. The summed E-state index contributed by atoms with van der Waals surface area (Å²) in [5.41, 5.74) is 3.64. The number of nitrogens with zero attached hydrogens (tertiary/aromatic N) is 1. The average Bonchev–Trinajstić information content (AvgIpc) is 3.00. The molecular weight excluding hydrogens is 358 g/mol. The van der Waals surface area contributed by atoms with Crippen molar-refractivity contribution in [1.82, 2.24) is 5.32 Å². The highest BCUT2D eigenvalue weighted by Gasteiger charge is 2.32. The first kappa shape index (κ1) is 18.2. The van der Waals surface area contributed by atoms with Crippen LogP contribution in [0.2, 0.25) is 0 Å². The normalized spacial score (nSPS) is 18.1. The second-order valence-electron chi connectivity index (χ2n) is 7.21. The minimum atomic E-state index is -0.313. The number of carbonyl (C=O) groups is 2. The van der Waals surface area contributed by atoms with E-state index in [1.807, 2.05) is 50.2 Å². The smallest absolute Gasteiger partial charge is 0.319 e. The number of aryl methyl sites for hydroxylation is 2. The number of hydrogen-bond acceptors (Lipinski definition) is 4. The molecule has 1 saturated heterocycles. The molecule has 7 nitrogen and oxygen atoms in total. The lowest BCUT2D eigenvalue weighted by Gasteiger charge is -2.22. The van der Waals surface area contributed by atoms with Crippen LogP contribution in [0.25, 0.3) is 0 Å². The van der Waals surface area contributed by atoms with E-state index < -0.39 is 0 Å². The van der Waals surface area contributed by atoms with Gasteiger partial charge in [-0.15, -0.1) is 0 Å². The standard InChI is InChI=1S/C21H23N3O4/c1-13-7-14(2)9-15(8-13)22-21(26)23-16-10-20(25)24(12-16)17-3-4-18-19(11-17)28-6-5-27-18/h3-4,7-9,11,16H,5-6,10,12H2,1-2H3,(H2,22,23,26)/t16-/m0/s1. The Balaban J connectivity index is 1.40. The minimum Gasteiger partial charge on any atom is -0.486 e. The average molecular weight is 381 g/mol. The van der Waals surface area contributed by atoms with Gasteiger partial charge in [-0.25, -0.2) is 4.79 Å². The number of amides is 3. The predicted octanol–water partition coefficient (Wildman–Crippen LogP) is 3.00. The van der Waals surface area contributed by atoms with Gasteiger partial charge in [0.15, 0.2) is 11.5 Å². The minimum absolute atomic E-state index is 0.0339. The van der Waals surface area contributed by atoms with Gasteiger partial charge in [-0.1, -0.05) is 6.07 Å². The molecule has 1 atom stereocenters. The van der Waals surface area contributed by atoms with Crippen LogP contribution in [0.15, 0.2) is 36.4 Å². The number of hydrogen-bond donors (Lipinski definition) is 2. The third-order valence-corrected chi connectivity index (χ3v) is 4.78. The van der Waals surface area contributed by atoms with E-state index in [2.05, 4.69) is 10.6 Å². The third-order valence-electron chi connectivity index (χ3n) is 4.78. The molecule has 2 aromatic rings. The summed E-state index contributed by atoms with van der Waals surface area (Å²) >= 11 is 0. The van der Waals surface area contributed by atoms with Gasteiger partial charge in [0, 0.05) is 30.4 Å². The van der Waals surface area contributed by atoms with Gasteiger partial charge in [0.1, 0.15) is 13.2 Å². The molecule has 1 fully saturated rings. The molecule has 0 radical (unpaired) electrons. The van der Waals surface area contributed by atoms with Gasteiger partial charge in [0.05, 0.1) is 6.04 Å². The highest BCUT2D eigenvalue weighted by Crippen LogP contribution is 2.35. The van der Waals surface area contributed by atoms with Crippen LogP contribution in [0.1, 0.15) is 17.5 Å². The highest BCUT2D eigenvalue weighted by molar-refractivity contribution is 5.98. The Morgan fingerprint density at radius 2 is 1.75 bits per heavy atom. The van der Waals surface area contributed by atoms with Crippen LogP contribution in [0.5, 0.6) is 11.5 Å². The molecule has 0 aromatic heterocycles. The molecule has 0 unspecified atom stereocenters. The van der Waals surface area contributed by atoms with Gasteiger partial charge >= 0.3 is 6.03 Å². The molecule has 2 heterocycles. The van der Waals surface area contributed by atoms with Crippen molar-refractivity contribution >= 4 is 23.3 Å². The maximum atomic E-state index is 12.5. The van der Waals surface area contributed by atoms with E-state index in [4.69, 9.17) is 9.47 Å². The summed E-state index contributed by atoms with van der Waals surface area (Å²) in [5, 5.41) is 5.73. The van der Waals surface area contributed by atoms with Gasteiger partial charge in [-0.3, -0.25) is 4.79 Å². The summed E-state index contributed by atoms with van der Waals surface area (Å²) in [6.45, 7) is 5.40. The summed E-state index contributed by atoms with van der Waals surface area (Å²) in [6.07, 6.45) is 0.259. The summed E-state index contributed by atoms with van der Waals surface area (Å²) in [5.74, 6) is 1.29. The molecule has 2 aliphatic heterocycles. The molecule has 2 N–H and O–H groups in total. The van der Waals surface area contributed by atoms with Crippen molar-refractivity contribution in [3.8, 4) is 11.5 Å². The molecule has 2 aliphatic rings. The molecule has 3 amide bonds. The van der Waals surface area contributed by atoms with Gasteiger partial charge in [-0.05, 0) is 49.2 Å². The van der Waals surface area contributed by atoms with Crippen molar-refractivity contribution in [1.29, 1.82) is 0 Å². The van der Waals surface area contributed by atoms with E-state index in [0.717, 1.165) is 22.5 Å². The third kappa shape index (κ3) is 3.88. The van der Waals surface area contributed by atoms with Crippen LogP contribution in [-0.4, -0.2) is 37.7 Å². The van der Waals surface area contributed by atoms with Crippen LogP contribution in [0.3, 0.4) is 0 Å². The van der Waals surface area contributed by atoms with Gasteiger partial charge in [-0.2, -0.15) is 0 Å². The van der Waals surface area contributed by atoms with Crippen LogP contribution in [-0.2, 0) is 4.79 Å². The Bertz CT molecular complexity index is 908. The van der Waals surface area contributed by atoms with Crippen molar-refractivity contribution in [2.24, 2.45) is 0 Å². The van der Waals surface area contributed by atoms with Crippen molar-refractivity contribution in [3.63, 3.8) is 0 Å². The van der Waals surface area contributed by atoms with Crippen LogP contribution >= 0.6 is 0 Å². The van der Waals surface area contributed by atoms with E-state index in [1.54, 1.807) is 4.90 Å². The fourth-order valence-corrected chi connectivity index (χ4v) is 3.65. The molecular formula is C21H23N3O4. The van der Waals surface area contributed by atoms with E-state index in [0.29, 0.717) is 31.3 Å². The molecule has 0 bridgehead atoms. The molecule has 4 rings (SSSR count). The molecule has 2 aromatic carbocycles. The van der Waals surface area contributed by atoms with E-state index in [-0.39, 0.29) is 24.4 Å². The van der Waals surface area contributed by atoms with Crippen molar-refractivity contribution in [3.05, 3.63) is 47.5 Å². The topological polar surface area (TPSA) is 79.9 Å².